The van der Waals surface area contributed by atoms with Gasteiger partial charge in [-0.25, -0.2) is 8.42 Å². The minimum Gasteiger partial charge on any atom is -0.371 e. The predicted octanol–water partition coefficient (Wildman–Crippen LogP) is 1.99. The van der Waals surface area contributed by atoms with E-state index in [9.17, 15) is 22.0 Å². The lowest BCUT2D eigenvalue weighted by atomic mass is 9.95. The standard InChI is InChI=1S/C15H20F2N2O3S/c1-18(2)14(20)11-7-9-19(10-8-11)12-3-5-13(6-4-12)23(21,22)15(16)17/h3-6,11,15H,7-10H2,1-2H3. The van der Waals surface area contributed by atoms with Gasteiger partial charge in [0, 0.05) is 38.8 Å². The topological polar surface area (TPSA) is 57.7 Å². The number of rotatable bonds is 4. The zero-order valence-electron chi connectivity index (χ0n) is 13.1. The Morgan fingerprint density at radius 1 is 1.17 bits per heavy atom. The van der Waals surface area contributed by atoms with Crippen LogP contribution in [-0.2, 0) is 14.6 Å². The maximum Gasteiger partial charge on any atom is 0.341 e. The number of hydrogen-bond acceptors (Lipinski definition) is 4. The van der Waals surface area contributed by atoms with Gasteiger partial charge in [-0.2, -0.15) is 8.78 Å². The van der Waals surface area contributed by atoms with Gasteiger partial charge >= 0.3 is 5.76 Å². The lowest BCUT2D eigenvalue weighted by Gasteiger charge is -2.34. The summed E-state index contributed by atoms with van der Waals surface area (Å²) in [5, 5.41) is 0. The van der Waals surface area contributed by atoms with E-state index in [-0.39, 0.29) is 16.7 Å². The zero-order chi connectivity index (χ0) is 17.2. The van der Waals surface area contributed by atoms with Crippen LogP contribution in [0.25, 0.3) is 0 Å². The number of hydrogen-bond donors (Lipinski definition) is 0. The fourth-order valence-electron chi connectivity index (χ4n) is 2.70. The van der Waals surface area contributed by atoms with Crippen molar-refractivity contribution < 1.29 is 22.0 Å². The molecule has 0 bridgehead atoms. The third-order valence-corrected chi connectivity index (χ3v) is 5.45. The summed E-state index contributed by atoms with van der Waals surface area (Å²) in [7, 11) is -1.09. The number of anilines is 1. The highest BCUT2D eigenvalue weighted by Crippen LogP contribution is 2.26. The number of carbonyl (C=O) groups excluding carboxylic acids is 1. The molecule has 1 aliphatic rings. The number of halogens is 2. The number of sulfone groups is 1. The van der Waals surface area contributed by atoms with E-state index in [0.29, 0.717) is 25.9 Å². The number of carbonyl (C=O) groups is 1. The summed E-state index contributed by atoms with van der Waals surface area (Å²) in [6.07, 6.45) is 1.43. The van der Waals surface area contributed by atoms with Gasteiger partial charge in [-0.1, -0.05) is 0 Å². The first-order chi connectivity index (χ1) is 10.7. The molecule has 0 saturated carbocycles. The maximum atomic E-state index is 12.5. The van der Waals surface area contributed by atoms with Crippen LogP contribution in [0.1, 0.15) is 12.8 Å². The Bertz CT molecular complexity index is 652. The monoisotopic (exact) mass is 346 g/mol. The van der Waals surface area contributed by atoms with E-state index < -0.39 is 15.6 Å². The summed E-state index contributed by atoms with van der Waals surface area (Å²) in [5.74, 6) is -3.30. The van der Waals surface area contributed by atoms with Gasteiger partial charge in [0.25, 0.3) is 0 Å². The third kappa shape index (κ3) is 3.80. The molecule has 0 aliphatic carbocycles. The largest absolute Gasteiger partial charge is 0.371 e. The van der Waals surface area contributed by atoms with Crippen molar-refractivity contribution in [3.63, 3.8) is 0 Å². The molecule has 2 rings (SSSR count). The van der Waals surface area contributed by atoms with Crippen LogP contribution in [0, 0.1) is 5.92 Å². The summed E-state index contributed by atoms with van der Waals surface area (Å²) < 4.78 is 47.8. The highest BCUT2D eigenvalue weighted by Gasteiger charge is 2.28. The Balaban J connectivity index is 2.04. The van der Waals surface area contributed by atoms with Crippen molar-refractivity contribution in [2.75, 3.05) is 32.1 Å². The molecule has 1 fully saturated rings. The zero-order valence-corrected chi connectivity index (χ0v) is 13.9. The van der Waals surface area contributed by atoms with Crippen LogP contribution < -0.4 is 4.90 Å². The van der Waals surface area contributed by atoms with Crippen LogP contribution in [0.5, 0.6) is 0 Å². The van der Waals surface area contributed by atoms with Crippen LogP contribution in [0.2, 0.25) is 0 Å². The second-order valence-corrected chi connectivity index (χ2v) is 7.71. The molecule has 23 heavy (non-hydrogen) atoms. The van der Waals surface area contributed by atoms with Crippen molar-refractivity contribution in [2.45, 2.75) is 23.5 Å². The van der Waals surface area contributed by atoms with Gasteiger partial charge in [0.15, 0.2) is 0 Å². The summed E-state index contributed by atoms with van der Waals surface area (Å²) in [6, 6.07) is 5.47. The molecule has 0 N–H and O–H groups in total. The fraction of sp³-hybridized carbons (Fsp3) is 0.533. The van der Waals surface area contributed by atoms with E-state index in [1.807, 2.05) is 4.90 Å². The molecule has 0 spiro atoms. The molecule has 1 aliphatic heterocycles. The second kappa shape index (κ2) is 6.82. The molecule has 0 atom stereocenters. The van der Waals surface area contributed by atoms with E-state index in [4.69, 9.17) is 0 Å². The van der Waals surface area contributed by atoms with E-state index >= 15 is 0 Å². The maximum absolute atomic E-state index is 12.5. The molecule has 1 heterocycles. The number of benzene rings is 1. The van der Waals surface area contributed by atoms with E-state index in [1.165, 1.54) is 24.3 Å². The Kier molecular flexibility index (Phi) is 5.23. The van der Waals surface area contributed by atoms with Crippen molar-refractivity contribution in [1.82, 2.24) is 4.90 Å². The van der Waals surface area contributed by atoms with Gasteiger partial charge in [-0.05, 0) is 37.1 Å². The first-order valence-corrected chi connectivity index (χ1v) is 8.86. The van der Waals surface area contributed by atoms with Crippen LogP contribution in [0.4, 0.5) is 14.5 Å². The molecule has 1 saturated heterocycles. The Morgan fingerprint density at radius 2 is 1.70 bits per heavy atom. The predicted molar refractivity (Wildman–Crippen MR) is 83.3 cm³/mol. The quantitative estimate of drug-likeness (QED) is 0.837. The Morgan fingerprint density at radius 3 is 2.13 bits per heavy atom. The van der Waals surface area contributed by atoms with E-state index in [1.54, 1.807) is 19.0 Å². The molecule has 1 amide bonds. The van der Waals surface area contributed by atoms with Crippen molar-refractivity contribution in [3.8, 4) is 0 Å². The van der Waals surface area contributed by atoms with E-state index in [0.717, 1.165) is 5.69 Å². The molecule has 5 nitrogen and oxygen atoms in total. The van der Waals surface area contributed by atoms with Crippen LogP contribution >= 0.6 is 0 Å². The van der Waals surface area contributed by atoms with Crippen molar-refractivity contribution >= 4 is 21.4 Å². The number of alkyl halides is 2. The normalized spacial score (nSPS) is 16.7. The minimum atomic E-state index is -4.56. The molecule has 8 heteroatoms. The molecule has 1 aromatic carbocycles. The van der Waals surface area contributed by atoms with Gasteiger partial charge in [0.1, 0.15) is 0 Å². The fourth-order valence-corrected chi connectivity index (χ4v) is 3.42. The lowest BCUT2D eigenvalue weighted by molar-refractivity contribution is -0.133. The van der Waals surface area contributed by atoms with E-state index in [2.05, 4.69) is 0 Å². The Hall–Kier alpha value is -1.70. The molecule has 128 valence electrons. The first-order valence-electron chi connectivity index (χ1n) is 7.31. The number of amides is 1. The minimum absolute atomic E-state index is 0.000246. The van der Waals surface area contributed by atoms with Crippen molar-refractivity contribution in [2.24, 2.45) is 5.92 Å². The highest BCUT2D eigenvalue weighted by molar-refractivity contribution is 7.91. The lowest BCUT2D eigenvalue weighted by Crippen LogP contribution is -2.40. The van der Waals surface area contributed by atoms with Gasteiger partial charge < -0.3 is 9.80 Å². The summed E-state index contributed by atoms with van der Waals surface area (Å²) >= 11 is 0. The Labute approximate surface area is 134 Å². The summed E-state index contributed by atoms with van der Waals surface area (Å²) in [4.78, 5) is 15.2. The van der Waals surface area contributed by atoms with Crippen molar-refractivity contribution in [1.29, 1.82) is 0 Å². The smallest absolute Gasteiger partial charge is 0.341 e. The van der Waals surface area contributed by atoms with Crippen LogP contribution in [0.15, 0.2) is 29.2 Å². The van der Waals surface area contributed by atoms with Gasteiger partial charge in [0.05, 0.1) is 4.90 Å². The van der Waals surface area contributed by atoms with Gasteiger partial charge in [-0.15, -0.1) is 0 Å². The average Bonchev–Trinajstić information content (AvgIpc) is 2.54. The second-order valence-electron chi connectivity index (χ2n) is 5.79. The molecular formula is C15H20F2N2O3S. The van der Waals surface area contributed by atoms with Gasteiger partial charge in [0.2, 0.25) is 15.7 Å². The molecule has 1 aromatic rings. The SMILES string of the molecule is CN(C)C(=O)C1CCN(c2ccc(S(=O)(=O)C(F)F)cc2)CC1. The number of piperidine rings is 1. The van der Waals surface area contributed by atoms with Gasteiger partial charge in [-0.3, -0.25) is 4.79 Å². The molecule has 0 aromatic heterocycles. The van der Waals surface area contributed by atoms with Crippen LogP contribution in [0.3, 0.4) is 0 Å². The molecular weight excluding hydrogens is 326 g/mol. The highest BCUT2D eigenvalue weighted by atomic mass is 32.2. The number of nitrogens with zero attached hydrogens (tertiary/aromatic N) is 2. The third-order valence-electron chi connectivity index (χ3n) is 4.05. The molecule has 0 unspecified atom stereocenters. The molecule has 0 radical (unpaired) electrons. The van der Waals surface area contributed by atoms with Crippen molar-refractivity contribution in [3.05, 3.63) is 24.3 Å². The summed E-state index contributed by atoms with van der Waals surface area (Å²) in [6.45, 7) is 1.34. The summed E-state index contributed by atoms with van der Waals surface area (Å²) in [5.41, 5.74) is 0.772. The van der Waals surface area contributed by atoms with Crippen LogP contribution in [-0.4, -0.2) is 52.2 Å². The first kappa shape index (κ1) is 17.7. The average molecular weight is 346 g/mol.